The second-order valence-electron chi connectivity index (χ2n) is 6.81. The number of ether oxygens (including phenoxy) is 1. The molecule has 3 N–H and O–H groups in total. The number of nitrogens with two attached hydrogens (primary N) is 1. The monoisotopic (exact) mass is 410 g/mol. The lowest BCUT2D eigenvalue weighted by Crippen LogP contribution is -2.47. The Morgan fingerprint density at radius 3 is 2.86 bits per heavy atom. The molecule has 1 aromatic carbocycles. The van der Waals surface area contributed by atoms with Crippen LogP contribution in [0, 0.1) is 5.92 Å². The lowest BCUT2D eigenvalue weighted by molar-refractivity contribution is -0.135. The number of benzene rings is 1. The topological polar surface area (TPSA) is 105 Å². The van der Waals surface area contributed by atoms with Crippen molar-refractivity contribution in [2.24, 2.45) is 11.7 Å². The normalized spacial score (nSPS) is 18.6. The first-order chi connectivity index (χ1) is 13.1. The van der Waals surface area contributed by atoms with E-state index in [1.54, 1.807) is 9.80 Å². The summed E-state index contributed by atoms with van der Waals surface area (Å²) >= 11 is 0. The van der Waals surface area contributed by atoms with Crippen molar-refractivity contribution in [3.8, 4) is 5.75 Å². The zero-order valence-electron chi connectivity index (χ0n) is 15.8. The number of halogens is 1. The molecule has 9 heteroatoms. The molecule has 0 aliphatic carbocycles. The summed E-state index contributed by atoms with van der Waals surface area (Å²) in [5, 5.41) is 2.79. The van der Waals surface area contributed by atoms with E-state index in [-0.39, 0.29) is 49.1 Å². The third-order valence-electron chi connectivity index (χ3n) is 4.95. The van der Waals surface area contributed by atoms with Gasteiger partial charge in [0.25, 0.3) is 5.91 Å². The quantitative estimate of drug-likeness (QED) is 0.712. The van der Waals surface area contributed by atoms with Crippen molar-refractivity contribution in [2.45, 2.75) is 19.3 Å². The molecule has 2 aliphatic heterocycles. The Labute approximate surface area is 170 Å². The molecule has 0 bridgehead atoms. The Morgan fingerprint density at radius 1 is 1.29 bits per heavy atom. The predicted octanol–water partition coefficient (Wildman–Crippen LogP) is 0.537. The highest BCUT2D eigenvalue weighted by Crippen LogP contribution is 2.31. The number of amides is 3. The van der Waals surface area contributed by atoms with E-state index in [2.05, 4.69) is 5.32 Å². The summed E-state index contributed by atoms with van der Waals surface area (Å²) in [6.07, 6.45) is 1.79. The molecular formula is C19H27ClN4O4. The molecule has 3 amide bonds. The average molecular weight is 411 g/mol. The third kappa shape index (κ3) is 5.14. The van der Waals surface area contributed by atoms with Crippen molar-refractivity contribution in [1.82, 2.24) is 10.2 Å². The summed E-state index contributed by atoms with van der Waals surface area (Å²) in [4.78, 5) is 40.3. The molecule has 0 saturated carbocycles. The zero-order valence-corrected chi connectivity index (χ0v) is 16.6. The summed E-state index contributed by atoms with van der Waals surface area (Å²) in [7, 11) is 0. The molecule has 154 valence electrons. The lowest BCUT2D eigenvalue weighted by atomic mass is 9.97. The Morgan fingerprint density at radius 2 is 2.07 bits per heavy atom. The van der Waals surface area contributed by atoms with Gasteiger partial charge in [0, 0.05) is 39.1 Å². The molecule has 28 heavy (non-hydrogen) atoms. The van der Waals surface area contributed by atoms with Crippen molar-refractivity contribution < 1.29 is 19.1 Å². The SMILES string of the molecule is Cl.NCCNC(=O)C1CCCN(C(=O)CCN2C(=O)COc3ccccc32)C1. The van der Waals surface area contributed by atoms with Crippen LogP contribution in [0.25, 0.3) is 0 Å². The van der Waals surface area contributed by atoms with Gasteiger partial charge in [0.1, 0.15) is 5.75 Å². The molecule has 3 rings (SSSR count). The molecule has 2 heterocycles. The van der Waals surface area contributed by atoms with Gasteiger partial charge in [-0.05, 0) is 25.0 Å². The van der Waals surface area contributed by atoms with Crippen LogP contribution in [-0.4, -0.2) is 62.0 Å². The fourth-order valence-electron chi connectivity index (χ4n) is 3.52. The van der Waals surface area contributed by atoms with Crippen LogP contribution in [0.15, 0.2) is 24.3 Å². The number of anilines is 1. The van der Waals surface area contributed by atoms with Gasteiger partial charge in [-0.25, -0.2) is 0 Å². The molecule has 8 nitrogen and oxygen atoms in total. The van der Waals surface area contributed by atoms with E-state index in [1.165, 1.54) is 0 Å². The maximum absolute atomic E-state index is 12.6. The first kappa shape index (κ1) is 22.0. The Balaban J connectivity index is 0.00000280. The molecule has 1 unspecified atom stereocenters. The van der Waals surface area contributed by atoms with Crippen molar-refractivity contribution in [1.29, 1.82) is 0 Å². The highest BCUT2D eigenvalue weighted by atomic mass is 35.5. The van der Waals surface area contributed by atoms with E-state index in [0.29, 0.717) is 44.2 Å². The summed E-state index contributed by atoms with van der Waals surface area (Å²) in [6, 6.07) is 7.31. The van der Waals surface area contributed by atoms with E-state index < -0.39 is 0 Å². The van der Waals surface area contributed by atoms with Gasteiger partial charge < -0.3 is 25.6 Å². The van der Waals surface area contributed by atoms with Crippen LogP contribution < -0.4 is 20.7 Å². The molecule has 1 fully saturated rings. The number of fused-ring (bicyclic) bond motifs is 1. The first-order valence-corrected chi connectivity index (χ1v) is 9.38. The Bertz CT molecular complexity index is 715. The van der Waals surface area contributed by atoms with Crippen molar-refractivity contribution in [2.75, 3.05) is 44.2 Å². The highest BCUT2D eigenvalue weighted by Gasteiger charge is 2.30. The number of carbonyl (C=O) groups is 3. The molecule has 2 aliphatic rings. The van der Waals surface area contributed by atoms with E-state index in [9.17, 15) is 14.4 Å². The largest absolute Gasteiger partial charge is 0.482 e. The summed E-state index contributed by atoms with van der Waals surface area (Å²) < 4.78 is 5.42. The van der Waals surface area contributed by atoms with E-state index >= 15 is 0 Å². The van der Waals surface area contributed by atoms with Gasteiger partial charge in [-0.3, -0.25) is 14.4 Å². The fourth-order valence-corrected chi connectivity index (χ4v) is 3.52. The Hall–Kier alpha value is -2.32. The number of nitrogens with one attached hydrogen (secondary N) is 1. The van der Waals surface area contributed by atoms with Crippen LogP contribution in [0.3, 0.4) is 0 Å². The van der Waals surface area contributed by atoms with Crippen molar-refractivity contribution in [3.63, 3.8) is 0 Å². The number of piperidine rings is 1. The van der Waals surface area contributed by atoms with Crippen molar-refractivity contribution >= 4 is 35.8 Å². The second kappa shape index (κ2) is 10.3. The smallest absolute Gasteiger partial charge is 0.265 e. The van der Waals surface area contributed by atoms with E-state index in [0.717, 1.165) is 12.8 Å². The molecular weight excluding hydrogens is 384 g/mol. The minimum absolute atomic E-state index is 0. The zero-order chi connectivity index (χ0) is 19.2. The molecule has 1 saturated heterocycles. The van der Waals surface area contributed by atoms with Gasteiger partial charge in [0.05, 0.1) is 11.6 Å². The number of carbonyl (C=O) groups excluding carboxylic acids is 3. The van der Waals surface area contributed by atoms with Crippen LogP contribution >= 0.6 is 12.4 Å². The van der Waals surface area contributed by atoms with Gasteiger partial charge in [0.15, 0.2) is 6.61 Å². The van der Waals surface area contributed by atoms with Crippen LogP contribution in [0.5, 0.6) is 5.75 Å². The van der Waals surface area contributed by atoms with Gasteiger partial charge in [-0.1, -0.05) is 12.1 Å². The van der Waals surface area contributed by atoms with Crippen molar-refractivity contribution in [3.05, 3.63) is 24.3 Å². The summed E-state index contributed by atoms with van der Waals surface area (Å²) in [6.45, 7) is 2.20. The first-order valence-electron chi connectivity index (χ1n) is 9.38. The third-order valence-corrected chi connectivity index (χ3v) is 4.95. The molecule has 1 atom stereocenters. The number of rotatable bonds is 6. The number of hydrogen-bond acceptors (Lipinski definition) is 5. The van der Waals surface area contributed by atoms with E-state index in [1.807, 2.05) is 24.3 Å². The number of nitrogens with zero attached hydrogens (tertiary/aromatic N) is 2. The molecule has 0 aromatic heterocycles. The van der Waals surface area contributed by atoms with Crippen LogP contribution in [-0.2, 0) is 14.4 Å². The van der Waals surface area contributed by atoms with E-state index in [4.69, 9.17) is 10.5 Å². The minimum atomic E-state index is -0.194. The molecule has 0 spiro atoms. The van der Waals surface area contributed by atoms with Gasteiger partial charge in [-0.15, -0.1) is 12.4 Å². The summed E-state index contributed by atoms with van der Waals surface area (Å²) in [5.74, 6) is 0.219. The molecule has 1 aromatic rings. The minimum Gasteiger partial charge on any atom is -0.482 e. The molecule has 0 radical (unpaired) electrons. The average Bonchev–Trinajstić information content (AvgIpc) is 2.71. The fraction of sp³-hybridized carbons (Fsp3) is 0.526. The number of para-hydroxylation sites is 2. The number of hydrogen-bond donors (Lipinski definition) is 2. The standard InChI is InChI=1S/C19H26N4O4.ClH/c20-8-9-21-19(26)14-4-3-10-22(12-14)17(24)7-11-23-15-5-1-2-6-16(15)27-13-18(23)25;/h1-2,5-6,14H,3-4,7-13,20H2,(H,21,26);1H. The summed E-state index contributed by atoms with van der Waals surface area (Å²) in [5.41, 5.74) is 6.11. The maximum atomic E-state index is 12.6. The lowest BCUT2D eigenvalue weighted by Gasteiger charge is -2.33. The van der Waals surface area contributed by atoms with Gasteiger partial charge in [-0.2, -0.15) is 0 Å². The number of likely N-dealkylation sites (tertiary alicyclic amines) is 1. The predicted molar refractivity (Wildman–Crippen MR) is 108 cm³/mol. The highest BCUT2D eigenvalue weighted by molar-refractivity contribution is 5.98. The van der Waals surface area contributed by atoms with Crippen LogP contribution in [0.1, 0.15) is 19.3 Å². The second-order valence-corrected chi connectivity index (χ2v) is 6.81. The Kier molecular flexibility index (Phi) is 8.07. The van der Waals surface area contributed by atoms with Gasteiger partial charge in [0.2, 0.25) is 11.8 Å². The van der Waals surface area contributed by atoms with Crippen LogP contribution in [0.4, 0.5) is 5.69 Å². The maximum Gasteiger partial charge on any atom is 0.265 e. The van der Waals surface area contributed by atoms with Crippen LogP contribution in [0.2, 0.25) is 0 Å². The van der Waals surface area contributed by atoms with Gasteiger partial charge >= 0.3 is 0 Å².